The Labute approximate surface area is 95.9 Å². The second-order valence-corrected chi connectivity index (χ2v) is 5.19. The van der Waals surface area contributed by atoms with Gasteiger partial charge in [0.2, 0.25) is 5.13 Å². The van der Waals surface area contributed by atoms with Gasteiger partial charge in [-0.05, 0) is 18.6 Å². The van der Waals surface area contributed by atoms with Gasteiger partial charge in [-0.3, -0.25) is 4.98 Å². The Morgan fingerprint density at radius 3 is 3.00 bits per heavy atom. The quantitative estimate of drug-likeness (QED) is 0.830. The number of nitrogen functional groups attached to an aromatic ring is 1. The van der Waals surface area contributed by atoms with Crippen molar-refractivity contribution in [2.75, 3.05) is 5.73 Å². The van der Waals surface area contributed by atoms with E-state index >= 15 is 0 Å². The fraction of sp³-hybridized carbons (Fsp3) is 0.222. The summed E-state index contributed by atoms with van der Waals surface area (Å²) in [5.41, 5.74) is 7.77. The van der Waals surface area contributed by atoms with E-state index in [2.05, 4.69) is 28.2 Å². The molecule has 0 fully saturated rings. The number of hydrogen-bond donors (Lipinski definition) is 1. The van der Waals surface area contributed by atoms with Crippen molar-refractivity contribution in [2.45, 2.75) is 17.0 Å². The van der Waals surface area contributed by atoms with Gasteiger partial charge in [0.1, 0.15) is 0 Å². The molecule has 0 aliphatic heterocycles. The highest BCUT2D eigenvalue weighted by Gasteiger charge is 2.04. The lowest BCUT2D eigenvalue weighted by Crippen LogP contribution is -1.89. The van der Waals surface area contributed by atoms with Gasteiger partial charge in [-0.25, -0.2) is 0 Å². The lowest BCUT2D eigenvalue weighted by atomic mass is 10.2. The van der Waals surface area contributed by atoms with Crippen molar-refractivity contribution in [3.05, 3.63) is 29.6 Å². The highest BCUT2D eigenvalue weighted by molar-refractivity contribution is 8.00. The number of anilines is 1. The monoisotopic (exact) mass is 238 g/mol. The SMILES string of the molecule is Cc1cccnc1CSc1nnc(N)s1. The topological polar surface area (TPSA) is 64.7 Å². The van der Waals surface area contributed by atoms with Gasteiger partial charge in [0, 0.05) is 11.9 Å². The fourth-order valence-corrected chi connectivity index (χ4v) is 2.75. The van der Waals surface area contributed by atoms with Crippen molar-refractivity contribution < 1.29 is 0 Å². The van der Waals surface area contributed by atoms with E-state index in [1.54, 1.807) is 18.0 Å². The summed E-state index contributed by atoms with van der Waals surface area (Å²) in [6, 6.07) is 3.99. The fourth-order valence-electron chi connectivity index (χ4n) is 1.08. The number of rotatable bonds is 3. The van der Waals surface area contributed by atoms with Crippen LogP contribution in [0.2, 0.25) is 0 Å². The maximum absolute atomic E-state index is 5.49. The van der Waals surface area contributed by atoms with Crippen LogP contribution in [0.25, 0.3) is 0 Å². The first-order chi connectivity index (χ1) is 7.25. The summed E-state index contributed by atoms with van der Waals surface area (Å²) in [6.45, 7) is 2.05. The molecule has 4 nitrogen and oxygen atoms in total. The molecule has 0 saturated carbocycles. The molecule has 15 heavy (non-hydrogen) atoms. The van der Waals surface area contributed by atoms with Gasteiger partial charge in [-0.2, -0.15) is 0 Å². The third-order valence-electron chi connectivity index (χ3n) is 1.87. The molecule has 0 aliphatic carbocycles. The van der Waals surface area contributed by atoms with Crippen LogP contribution in [0.1, 0.15) is 11.3 Å². The number of aryl methyl sites for hydroxylation is 1. The van der Waals surface area contributed by atoms with E-state index in [4.69, 9.17) is 5.73 Å². The Morgan fingerprint density at radius 2 is 2.33 bits per heavy atom. The number of pyridine rings is 1. The first kappa shape index (κ1) is 10.4. The Kier molecular flexibility index (Phi) is 3.17. The molecule has 2 aromatic rings. The van der Waals surface area contributed by atoms with E-state index in [0.29, 0.717) is 5.13 Å². The van der Waals surface area contributed by atoms with Crippen molar-refractivity contribution in [3.63, 3.8) is 0 Å². The minimum atomic E-state index is 0.509. The maximum atomic E-state index is 5.49. The van der Waals surface area contributed by atoms with Gasteiger partial charge in [-0.1, -0.05) is 29.2 Å². The number of aromatic nitrogens is 3. The molecule has 0 spiro atoms. The molecule has 0 aliphatic rings. The molecule has 0 radical (unpaired) electrons. The van der Waals surface area contributed by atoms with E-state index in [1.165, 1.54) is 16.9 Å². The van der Waals surface area contributed by atoms with Crippen LogP contribution in [0.4, 0.5) is 5.13 Å². The lowest BCUT2D eigenvalue weighted by Gasteiger charge is -2.00. The largest absolute Gasteiger partial charge is 0.374 e. The minimum Gasteiger partial charge on any atom is -0.374 e. The average molecular weight is 238 g/mol. The Hall–Kier alpha value is -1.14. The van der Waals surface area contributed by atoms with Crippen LogP contribution in [-0.4, -0.2) is 15.2 Å². The number of hydrogen-bond acceptors (Lipinski definition) is 6. The summed E-state index contributed by atoms with van der Waals surface area (Å²) in [5.74, 6) is 0.807. The molecule has 2 rings (SSSR count). The van der Waals surface area contributed by atoms with E-state index in [-0.39, 0.29) is 0 Å². The summed E-state index contributed by atoms with van der Waals surface area (Å²) >= 11 is 3.01. The molecular formula is C9H10N4S2. The lowest BCUT2D eigenvalue weighted by molar-refractivity contribution is 1.01. The van der Waals surface area contributed by atoms with Gasteiger partial charge in [0.25, 0.3) is 0 Å². The van der Waals surface area contributed by atoms with Crippen LogP contribution in [0.3, 0.4) is 0 Å². The van der Waals surface area contributed by atoms with Crippen LogP contribution >= 0.6 is 23.1 Å². The van der Waals surface area contributed by atoms with Crippen molar-refractivity contribution in [1.29, 1.82) is 0 Å². The van der Waals surface area contributed by atoms with Crippen LogP contribution in [0.5, 0.6) is 0 Å². The second kappa shape index (κ2) is 4.59. The Bertz CT molecular complexity index is 455. The van der Waals surface area contributed by atoms with Crippen LogP contribution in [0.15, 0.2) is 22.7 Å². The molecule has 2 N–H and O–H groups in total. The summed E-state index contributed by atoms with van der Waals surface area (Å²) in [5, 5.41) is 8.21. The van der Waals surface area contributed by atoms with E-state index in [0.717, 1.165) is 15.8 Å². The first-order valence-corrected chi connectivity index (χ1v) is 6.18. The zero-order valence-electron chi connectivity index (χ0n) is 8.17. The van der Waals surface area contributed by atoms with Crippen LogP contribution in [0, 0.1) is 6.92 Å². The average Bonchev–Trinajstić information content (AvgIpc) is 2.63. The Morgan fingerprint density at radius 1 is 1.47 bits per heavy atom. The van der Waals surface area contributed by atoms with Crippen molar-refractivity contribution in [3.8, 4) is 0 Å². The molecule has 0 amide bonds. The summed E-state index contributed by atoms with van der Waals surface area (Å²) in [7, 11) is 0. The molecule has 0 unspecified atom stereocenters. The van der Waals surface area contributed by atoms with Gasteiger partial charge in [0.05, 0.1) is 5.69 Å². The van der Waals surface area contributed by atoms with Gasteiger partial charge in [-0.15, -0.1) is 10.2 Å². The molecule has 2 heterocycles. The molecule has 0 atom stereocenters. The predicted molar refractivity (Wildman–Crippen MR) is 62.9 cm³/mol. The number of nitrogens with two attached hydrogens (primary N) is 1. The maximum Gasteiger partial charge on any atom is 0.203 e. The van der Waals surface area contributed by atoms with Crippen molar-refractivity contribution in [2.24, 2.45) is 0 Å². The molecule has 0 bridgehead atoms. The molecule has 6 heteroatoms. The molecule has 2 aromatic heterocycles. The third-order valence-corrected chi connectivity index (χ3v) is 3.77. The second-order valence-electron chi connectivity index (χ2n) is 2.96. The molecule has 78 valence electrons. The highest BCUT2D eigenvalue weighted by atomic mass is 32.2. The zero-order valence-corrected chi connectivity index (χ0v) is 9.81. The van der Waals surface area contributed by atoms with Crippen LogP contribution < -0.4 is 5.73 Å². The summed E-state index contributed by atoms with van der Waals surface area (Å²) in [4.78, 5) is 4.30. The van der Waals surface area contributed by atoms with Crippen molar-refractivity contribution in [1.82, 2.24) is 15.2 Å². The smallest absolute Gasteiger partial charge is 0.203 e. The molecule has 0 aromatic carbocycles. The third kappa shape index (κ3) is 2.66. The van der Waals surface area contributed by atoms with E-state index < -0.39 is 0 Å². The summed E-state index contributed by atoms with van der Waals surface area (Å²) in [6.07, 6.45) is 1.80. The number of thioether (sulfide) groups is 1. The minimum absolute atomic E-state index is 0.509. The number of nitrogens with zero attached hydrogens (tertiary/aromatic N) is 3. The summed E-state index contributed by atoms with van der Waals surface area (Å²) < 4.78 is 0.887. The predicted octanol–water partition coefficient (Wildman–Crippen LogP) is 2.12. The normalized spacial score (nSPS) is 10.5. The van der Waals surface area contributed by atoms with Crippen LogP contribution in [-0.2, 0) is 5.75 Å². The van der Waals surface area contributed by atoms with E-state index in [1.807, 2.05) is 6.07 Å². The first-order valence-electron chi connectivity index (χ1n) is 4.38. The molecule has 0 saturated heterocycles. The zero-order chi connectivity index (χ0) is 10.7. The van der Waals surface area contributed by atoms with Gasteiger partial charge < -0.3 is 5.73 Å². The van der Waals surface area contributed by atoms with Gasteiger partial charge >= 0.3 is 0 Å². The highest BCUT2D eigenvalue weighted by Crippen LogP contribution is 2.26. The standard InChI is InChI=1S/C9H10N4S2/c1-6-3-2-4-11-7(6)5-14-9-13-12-8(10)15-9/h2-4H,5H2,1H3,(H2,10,12). The Balaban J connectivity index is 2.02. The van der Waals surface area contributed by atoms with Gasteiger partial charge in [0.15, 0.2) is 4.34 Å². The van der Waals surface area contributed by atoms with Crippen molar-refractivity contribution >= 4 is 28.2 Å². The van der Waals surface area contributed by atoms with E-state index in [9.17, 15) is 0 Å². The molecular weight excluding hydrogens is 228 g/mol.